The van der Waals surface area contributed by atoms with E-state index in [1.165, 1.54) is 82.9 Å². The van der Waals surface area contributed by atoms with Gasteiger partial charge in [0.05, 0.1) is 11.0 Å². The lowest BCUT2D eigenvalue weighted by Crippen LogP contribution is -2.60. The molecule has 0 saturated carbocycles. The first-order chi connectivity index (χ1) is 30.8. The molecule has 5 heteroatoms. The van der Waals surface area contributed by atoms with E-state index >= 15 is 0 Å². The fourth-order valence-corrected chi connectivity index (χ4v) is 12.0. The van der Waals surface area contributed by atoms with E-state index in [4.69, 9.17) is 8.83 Å². The monoisotopic (exact) mass is 826 g/mol. The molecule has 0 saturated heterocycles. The van der Waals surface area contributed by atoms with Crippen LogP contribution in [0.5, 0.6) is 0 Å². The van der Waals surface area contributed by atoms with Gasteiger partial charge in [-0.2, -0.15) is 0 Å². The highest BCUT2D eigenvalue weighted by molar-refractivity contribution is 6.94. The fourth-order valence-electron chi connectivity index (χ4n) is 12.0. The number of fused-ring (bicyclic) bond motifs is 18. The third-order valence-electron chi connectivity index (χ3n) is 15.3. The summed E-state index contributed by atoms with van der Waals surface area (Å²) in [4.78, 5) is 2.65. The summed E-state index contributed by atoms with van der Waals surface area (Å²) >= 11 is 0. The maximum Gasteiger partial charge on any atom is 0.333 e. The summed E-state index contributed by atoms with van der Waals surface area (Å²) in [5, 5.41) is 7.17. The number of hydrogen-bond acceptors (Lipinski definition) is 3. The number of anilines is 2. The molecule has 64 heavy (non-hydrogen) atoms. The molecule has 3 aliphatic rings. The molecule has 0 N–H and O–H groups in total. The largest absolute Gasteiger partial charge is 0.456 e. The highest BCUT2D eigenvalue weighted by atomic mass is 16.3. The van der Waals surface area contributed by atoms with Crippen LogP contribution in [0.2, 0.25) is 0 Å². The van der Waals surface area contributed by atoms with Gasteiger partial charge in [0.2, 0.25) is 0 Å². The summed E-state index contributed by atoms with van der Waals surface area (Å²) in [5.41, 5.74) is 22.6. The second-order valence-corrected chi connectivity index (χ2v) is 21.3. The van der Waals surface area contributed by atoms with Crippen LogP contribution in [0.1, 0.15) is 77.6 Å². The van der Waals surface area contributed by atoms with Crippen LogP contribution in [0.25, 0.3) is 93.6 Å². The zero-order chi connectivity index (χ0) is 43.3. The first-order valence-electron chi connectivity index (χ1n) is 22.9. The highest BCUT2D eigenvalue weighted by Gasteiger charge is 2.46. The van der Waals surface area contributed by atoms with Gasteiger partial charge in [-0.15, -0.1) is 0 Å². The first kappa shape index (κ1) is 36.5. The van der Waals surface area contributed by atoms with Crippen LogP contribution in [0, 0.1) is 0 Å². The Morgan fingerprint density at radius 1 is 0.500 bits per heavy atom. The van der Waals surface area contributed by atoms with E-state index in [9.17, 15) is 0 Å². The summed E-state index contributed by atoms with van der Waals surface area (Å²) in [6, 6.07) is 52.8. The predicted molar refractivity (Wildman–Crippen MR) is 269 cm³/mol. The molecule has 3 aromatic heterocycles. The van der Waals surface area contributed by atoms with Gasteiger partial charge in [0.1, 0.15) is 22.3 Å². The molecule has 0 fully saturated rings. The molecule has 8 aromatic carbocycles. The third kappa shape index (κ3) is 4.54. The van der Waals surface area contributed by atoms with E-state index in [-0.39, 0.29) is 23.1 Å². The SMILES string of the molecule is CC(C)(C)c1ccc(N2B3c4cc5c(cc4-n4c6ccc7c(c6c6ccc(c3c64)-c3cc4oc6ccc(C(C)(C)C)cc6c4cc32)-c2ccccc2C7(C)C)oc2ccccc25)cc1. The van der Waals surface area contributed by atoms with E-state index in [1.807, 2.05) is 0 Å². The van der Waals surface area contributed by atoms with Crippen molar-refractivity contribution in [3.05, 3.63) is 162 Å². The van der Waals surface area contributed by atoms with Crippen molar-refractivity contribution < 1.29 is 8.83 Å². The number of furan rings is 2. The van der Waals surface area contributed by atoms with Gasteiger partial charge < -0.3 is 18.2 Å². The van der Waals surface area contributed by atoms with Crippen LogP contribution in [0.4, 0.5) is 11.4 Å². The normalized spacial score (nSPS) is 14.9. The van der Waals surface area contributed by atoms with Crippen LogP contribution in [-0.4, -0.2) is 11.4 Å². The topological polar surface area (TPSA) is 34.5 Å². The second-order valence-electron chi connectivity index (χ2n) is 21.3. The van der Waals surface area contributed by atoms with Crippen molar-refractivity contribution in [2.45, 2.75) is 71.6 Å². The Morgan fingerprint density at radius 3 is 1.98 bits per heavy atom. The van der Waals surface area contributed by atoms with Gasteiger partial charge >= 0.3 is 6.85 Å². The van der Waals surface area contributed by atoms with Crippen molar-refractivity contribution in [2.24, 2.45) is 0 Å². The molecule has 0 bridgehead atoms. The number of para-hydroxylation sites is 1. The van der Waals surface area contributed by atoms with Crippen LogP contribution in [0.3, 0.4) is 0 Å². The van der Waals surface area contributed by atoms with Gasteiger partial charge in [-0.05, 0) is 109 Å². The predicted octanol–water partition coefficient (Wildman–Crippen LogP) is 14.7. The Hall–Kier alpha value is -6.98. The minimum atomic E-state index is -0.144. The van der Waals surface area contributed by atoms with Crippen LogP contribution in [-0.2, 0) is 16.2 Å². The van der Waals surface area contributed by atoms with Gasteiger partial charge in [0.15, 0.2) is 0 Å². The smallest absolute Gasteiger partial charge is 0.333 e. The number of hydrogen-bond donors (Lipinski definition) is 0. The lowest BCUT2D eigenvalue weighted by Gasteiger charge is -2.42. The Labute approximate surface area is 372 Å². The van der Waals surface area contributed by atoms with Crippen molar-refractivity contribution >= 4 is 94.8 Å². The molecule has 11 aromatic rings. The molecule has 5 heterocycles. The highest BCUT2D eigenvalue weighted by Crippen LogP contribution is 2.55. The maximum absolute atomic E-state index is 6.80. The summed E-state index contributed by atoms with van der Waals surface area (Å²) in [5.74, 6) is 0. The second kappa shape index (κ2) is 11.8. The first-order valence-corrected chi connectivity index (χ1v) is 22.9. The number of aromatic nitrogens is 1. The zero-order valence-corrected chi connectivity index (χ0v) is 37.6. The molecule has 2 aliphatic heterocycles. The molecule has 0 amide bonds. The van der Waals surface area contributed by atoms with E-state index in [1.54, 1.807) is 0 Å². The number of benzene rings is 8. The molecule has 0 radical (unpaired) electrons. The van der Waals surface area contributed by atoms with Crippen molar-refractivity contribution in [1.29, 1.82) is 0 Å². The summed E-state index contributed by atoms with van der Waals surface area (Å²) in [7, 11) is 0. The van der Waals surface area contributed by atoms with Gasteiger partial charge in [0.25, 0.3) is 0 Å². The quantitative estimate of drug-likeness (QED) is 0.155. The molecule has 308 valence electrons. The molecular weight excluding hydrogens is 779 g/mol. The van der Waals surface area contributed by atoms with E-state index < -0.39 is 0 Å². The van der Waals surface area contributed by atoms with Gasteiger partial charge in [-0.25, -0.2) is 0 Å². The Kier molecular flexibility index (Phi) is 6.72. The lowest BCUT2D eigenvalue weighted by molar-refractivity contribution is 0.590. The average molecular weight is 827 g/mol. The molecule has 0 spiro atoms. The van der Waals surface area contributed by atoms with Crippen molar-refractivity contribution in [1.82, 2.24) is 4.57 Å². The Balaban J connectivity index is 1.16. The van der Waals surface area contributed by atoms with Gasteiger partial charge in [-0.3, -0.25) is 0 Å². The van der Waals surface area contributed by atoms with Crippen molar-refractivity contribution in [3.8, 4) is 27.9 Å². The number of rotatable bonds is 1. The molecule has 0 atom stereocenters. The van der Waals surface area contributed by atoms with Gasteiger partial charge in [0, 0.05) is 66.4 Å². The van der Waals surface area contributed by atoms with Crippen LogP contribution < -0.4 is 15.7 Å². The molecular formula is C59H47BN2O2. The zero-order valence-electron chi connectivity index (χ0n) is 37.6. The molecule has 14 rings (SSSR count). The summed E-state index contributed by atoms with van der Waals surface area (Å²) in [6.45, 7) is 18.4. The Bertz CT molecular complexity index is 3900. The third-order valence-corrected chi connectivity index (χ3v) is 15.3. The lowest BCUT2D eigenvalue weighted by atomic mass is 9.44. The minimum Gasteiger partial charge on any atom is -0.456 e. The summed E-state index contributed by atoms with van der Waals surface area (Å²) < 4.78 is 16.1. The van der Waals surface area contributed by atoms with Gasteiger partial charge in [-0.1, -0.05) is 140 Å². The van der Waals surface area contributed by atoms with E-state index in [0.29, 0.717) is 0 Å². The van der Waals surface area contributed by atoms with Crippen molar-refractivity contribution in [3.63, 3.8) is 0 Å². The standard InChI is InChI=1S/C59H47BN2O2/c1-57(2,3)32-17-20-34(21-18-32)62-47-29-42-40-27-33(58(4,5)6)19-26-50(40)64-51(42)30-39(47)36-22-23-38-54-46(25-24-44-53(54)37-14-9-11-15-43(37)59(44,7)8)61-48-31-52-41(35-13-10-12-16-49(35)63-52)28-45(48)60(62)55(36)56(38)61/h9-31H,1-8H3. The molecule has 0 unspecified atom stereocenters. The van der Waals surface area contributed by atoms with E-state index in [2.05, 4.69) is 204 Å². The maximum atomic E-state index is 6.80. The number of nitrogens with zero attached hydrogens (tertiary/aromatic N) is 2. The van der Waals surface area contributed by atoms with Crippen LogP contribution in [0.15, 0.2) is 148 Å². The van der Waals surface area contributed by atoms with Crippen molar-refractivity contribution in [2.75, 3.05) is 4.81 Å². The molecule has 4 nitrogen and oxygen atoms in total. The minimum absolute atomic E-state index is 0.00193. The Morgan fingerprint density at radius 2 is 1.19 bits per heavy atom. The fraction of sp³-hybridized carbons (Fsp3) is 0.186. The summed E-state index contributed by atoms with van der Waals surface area (Å²) in [6.07, 6.45) is 0. The molecule has 1 aliphatic carbocycles. The van der Waals surface area contributed by atoms with E-state index in [0.717, 1.165) is 55.3 Å². The van der Waals surface area contributed by atoms with Crippen LogP contribution >= 0.6 is 0 Å². The average Bonchev–Trinajstić information content (AvgIpc) is 4.00.